The highest BCUT2D eigenvalue weighted by Crippen LogP contribution is 2.39. The molecule has 6 nitrogen and oxygen atoms in total. The zero-order valence-corrected chi connectivity index (χ0v) is 18.0. The number of anilines is 2. The van der Waals surface area contributed by atoms with Crippen molar-refractivity contribution >= 4 is 34.9 Å². The van der Waals surface area contributed by atoms with E-state index in [0.29, 0.717) is 28.2 Å². The molecule has 33 heavy (non-hydrogen) atoms. The second kappa shape index (κ2) is 8.44. The van der Waals surface area contributed by atoms with Gasteiger partial charge in [-0.05, 0) is 55.7 Å². The predicted octanol–water partition coefficient (Wildman–Crippen LogP) is 5.06. The van der Waals surface area contributed by atoms with Crippen molar-refractivity contribution in [2.75, 3.05) is 10.6 Å². The molecule has 5 rings (SSSR count). The van der Waals surface area contributed by atoms with Crippen LogP contribution < -0.4 is 16.0 Å². The predicted molar refractivity (Wildman–Crippen MR) is 121 cm³/mol. The molecule has 1 atom stereocenters. The number of pyridine rings is 1. The first kappa shape index (κ1) is 21.3. The first-order valence-corrected chi connectivity index (χ1v) is 10.9. The lowest BCUT2D eigenvalue weighted by Crippen LogP contribution is -2.29. The lowest BCUT2D eigenvalue weighted by Gasteiger charge is -2.27. The van der Waals surface area contributed by atoms with Gasteiger partial charge >= 0.3 is 0 Å². The summed E-state index contributed by atoms with van der Waals surface area (Å²) >= 11 is 6.29. The van der Waals surface area contributed by atoms with Crippen LogP contribution in [0.2, 0.25) is 5.02 Å². The van der Waals surface area contributed by atoms with Gasteiger partial charge in [-0.15, -0.1) is 0 Å². The van der Waals surface area contributed by atoms with Crippen LogP contribution in [-0.2, 0) is 0 Å². The Hall–Kier alpha value is -3.52. The maximum Gasteiger partial charge on any atom is 0.259 e. The maximum absolute atomic E-state index is 13.9. The summed E-state index contributed by atoms with van der Waals surface area (Å²) in [5, 5.41) is 9.03. The summed E-state index contributed by atoms with van der Waals surface area (Å²) in [6, 6.07) is 9.31. The fourth-order valence-corrected chi connectivity index (χ4v) is 4.32. The highest BCUT2D eigenvalue weighted by molar-refractivity contribution is 6.31. The van der Waals surface area contributed by atoms with Gasteiger partial charge in [0.2, 0.25) is 0 Å². The molecular weight excluding hydrogens is 450 g/mol. The second-order valence-electron chi connectivity index (χ2n) is 8.12. The van der Waals surface area contributed by atoms with Crippen molar-refractivity contribution in [2.45, 2.75) is 31.3 Å². The minimum absolute atomic E-state index is 0.0529. The average molecular weight is 469 g/mol. The molecule has 3 aromatic rings. The van der Waals surface area contributed by atoms with E-state index in [1.807, 2.05) is 0 Å². The molecule has 168 valence electrons. The number of nitrogens with zero attached hydrogens (tertiary/aromatic N) is 1. The van der Waals surface area contributed by atoms with Gasteiger partial charge in [-0.3, -0.25) is 9.59 Å². The van der Waals surface area contributed by atoms with Crippen molar-refractivity contribution in [3.63, 3.8) is 0 Å². The quantitative estimate of drug-likeness (QED) is 0.488. The van der Waals surface area contributed by atoms with E-state index in [4.69, 9.17) is 11.6 Å². The summed E-state index contributed by atoms with van der Waals surface area (Å²) in [5.74, 6) is -1.80. The number of benzene rings is 2. The molecule has 1 aliphatic carbocycles. The number of hydrogen-bond donors (Lipinski definition) is 3. The Morgan fingerprint density at radius 3 is 2.70 bits per heavy atom. The number of halogens is 3. The van der Waals surface area contributed by atoms with E-state index in [9.17, 15) is 18.4 Å². The second-order valence-corrected chi connectivity index (χ2v) is 8.52. The standard InChI is InChI=1S/C24H19ClF2N4O2/c25-18-8-7-12(26)9-16(18)21-20-15(23(32)31-21)5-2-6-19(20)30-24(33)17-10-13(27)11-28-22(17)29-14-3-1-4-14/h2,5-11,14,21H,1,3-4H2,(H,28,29)(H,30,33)(H,31,32). The van der Waals surface area contributed by atoms with Gasteiger partial charge in [-0.25, -0.2) is 13.8 Å². The number of rotatable bonds is 5. The SMILES string of the molecule is O=C(Nc1cccc2c1C(c1cc(F)ccc1Cl)NC2=O)c1cc(F)cnc1NC1CCC1. The van der Waals surface area contributed by atoms with Crippen molar-refractivity contribution in [3.8, 4) is 0 Å². The average Bonchev–Trinajstić information content (AvgIpc) is 3.10. The van der Waals surface area contributed by atoms with Gasteiger partial charge in [0, 0.05) is 33.4 Å². The molecule has 3 N–H and O–H groups in total. The Kier molecular flexibility index (Phi) is 5.46. The Morgan fingerprint density at radius 2 is 1.94 bits per heavy atom. The van der Waals surface area contributed by atoms with Crippen LogP contribution in [0.5, 0.6) is 0 Å². The molecule has 1 aliphatic heterocycles. The van der Waals surface area contributed by atoms with E-state index in [0.717, 1.165) is 31.5 Å². The number of carbonyl (C=O) groups is 2. The van der Waals surface area contributed by atoms with Crippen molar-refractivity contribution in [1.29, 1.82) is 0 Å². The molecule has 1 aromatic heterocycles. The number of fused-ring (bicyclic) bond motifs is 1. The molecule has 2 aliphatic rings. The van der Waals surface area contributed by atoms with Crippen LogP contribution in [0.4, 0.5) is 20.3 Å². The summed E-state index contributed by atoms with van der Waals surface area (Å²) in [7, 11) is 0. The van der Waals surface area contributed by atoms with Crippen LogP contribution in [-0.4, -0.2) is 22.8 Å². The Bertz CT molecular complexity index is 1280. The maximum atomic E-state index is 13.9. The van der Waals surface area contributed by atoms with E-state index < -0.39 is 23.6 Å². The Labute approximate surface area is 193 Å². The zero-order chi connectivity index (χ0) is 23.1. The Morgan fingerprint density at radius 1 is 1.12 bits per heavy atom. The fraction of sp³-hybridized carbons (Fsp3) is 0.208. The normalized spacial score (nSPS) is 17.2. The van der Waals surface area contributed by atoms with Gasteiger partial charge < -0.3 is 16.0 Å². The lowest BCUT2D eigenvalue weighted by atomic mass is 9.93. The minimum Gasteiger partial charge on any atom is -0.367 e. The molecule has 2 aromatic carbocycles. The third-order valence-electron chi connectivity index (χ3n) is 5.98. The number of aromatic nitrogens is 1. The highest BCUT2D eigenvalue weighted by Gasteiger charge is 2.34. The molecule has 0 saturated heterocycles. The zero-order valence-electron chi connectivity index (χ0n) is 17.3. The smallest absolute Gasteiger partial charge is 0.259 e. The highest BCUT2D eigenvalue weighted by atomic mass is 35.5. The molecular formula is C24H19ClF2N4O2. The summed E-state index contributed by atoms with van der Waals surface area (Å²) in [6.07, 6.45) is 4.05. The molecule has 9 heteroatoms. The summed E-state index contributed by atoms with van der Waals surface area (Å²) in [6.45, 7) is 0. The number of hydrogen-bond acceptors (Lipinski definition) is 4. The van der Waals surface area contributed by atoms with E-state index in [-0.39, 0.29) is 22.5 Å². The van der Waals surface area contributed by atoms with Crippen molar-refractivity contribution in [3.05, 3.63) is 87.6 Å². The Balaban J connectivity index is 1.51. The van der Waals surface area contributed by atoms with E-state index >= 15 is 0 Å². The van der Waals surface area contributed by atoms with Gasteiger partial charge in [0.15, 0.2) is 0 Å². The van der Waals surface area contributed by atoms with Gasteiger partial charge in [0.25, 0.3) is 11.8 Å². The van der Waals surface area contributed by atoms with Crippen LogP contribution in [0.1, 0.15) is 57.1 Å². The van der Waals surface area contributed by atoms with Crippen molar-refractivity contribution in [2.24, 2.45) is 0 Å². The molecule has 1 saturated carbocycles. The fourth-order valence-electron chi connectivity index (χ4n) is 4.10. The third kappa shape index (κ3) is 4.02. The molecule has 2 amide bonds. The van der Waals surface area contributed by atoms with E-state index in [1.54, 1.807) is 18.2 Å². The van der Waals surface area contributed by atoms with Crippen molar-refractivity contribution in [1.82, 2.24) is 10.3 Å². The van der Waals surface area contributed by atoms with Gasteiger partial charge in [-0.2, -0.15) is 0 Å². The molecule has 1 fully saturated rings. The van der Waals surface area contributed by atoms with Gasteiger partial charge in [0.1, 0.15) is 17.5 Å². The van der Waals surface area contributed by atoms with Gasteiger partial charge in [0.05, 0.1) is 17.8 Å². The third-order valence-corrected chi connectivity index (χ3v) is 6.32. The summed E-state index contributed by atoms with van der Waals surface area (Å²) in [5.41, 5.74) is 1.55. The molecule has 0 spiro atoms. The van der Waals surface area contributed by atoms with Crippen LogP contribution in [0.15, 0.2) is 48.7 Å². The first-order valence-electron chi connectivity index (χ1n) is 10.5. The van der Waals surface area contributed by atoms with E-state index in [1.165, 1.54) is 18.2 Å². The first-order chi connectivity index (χ1) is 15.9. The minimum atomic E-state index is -0.759. The number of amides is 2. The molecule has 1 unspecified atom stereocenters. The summed E-state index contributed by atoms with van der Waals surface area (Å²) in [4.78, 5) is 29.8. The van der Waals surface area contributed by atoms with Crippen LogP contribution in [0.25, 0.3) is 0 Å². The largest absolute Gasteiger partial charge is 0.367 e. The number of carbonyl (C=O) groups excluding carboxylic acids is 2. The summed E-state index contributed by atoms with van der Waals surface area (Å²) < 4.78 is 27.9. The van der Waals surface area contributed by atoms with Crippen molar-refractivity contribution < 1.29 is 18.4 Å². The van der Waals surface area contributed by atoms with Crippen LogP contribution in [0.3, 0.4) is 0 Å². The monoisotopic (exact) mass is 468 g/mol. The molecule has 0 bridgehead atoms. The molecule has 0 radical (unpaired) electrons. The van der Waals surface area contributed by atoms with E-state index in [2.05, 4.69) is 20.9 Å². The lowest BCUT2D eigenvalue weighted by molar-refractivity contribution is 0.0959. The van der Waals surface area contributed by atoms with Crippen LogP contribution >= 0.6 is 11.6 Å². The van der Waals surface area contributed by atoms with Crippen LogP contribution in [0, 0.1) is 11.6 Å². The topological polar surface area (TPSA) is 83.1 Å². The number of nitrogens with one attached hydrogen (secondary N) is 3. The van der Waals surface area contributed by atoms with Gasteiger partial charge in [-0.1, -0.05) is 17.7 Å². The molecule has 2 heterocycles.